The van der Waals surface area contributed by atoms with Crippen molar-refractivity contribution < 1.29 is 13.5 Å². The molecule has 8 nitrogen and oxygen atoms in total. The maximum absolute atomic E-state index is 16.4. The second kappa shape index (κ2) is 10.5. The normalized spacial score (nSPS) is 22.0. The van der Waals surface area contributed by atoms with Gasteiger partial charge in [-0.2, -0.15) is 5.26 Å². The first-order valence-corrected chi connectivity index (χ1v) is 13.5. The van der Waals surface area contributed by atoms with E-state index in [0.29, 0.717) is 52.6 Å². The number of fused-ring (bicyclic) bond motifs is 3. The van der Waals surface area contributed by atoms with Crippen molar-refractivity contribution >= 4 is 21.9 Å². The molecule has 4 aromatic rings. The number of nitrogens with one attached hydrogen (secondary N) is 1. The van der Waals surface area contributed by atoms with Crippen LogP contribution in [0.1, 0.15) is 43.7 Å². The van der Waals surface area contributed by atoms with Gasteiger partial charge in [0.1, 0.15) is 23.5 Å². The summed E-state index contributed by atoms with van der Waals surface area (Å²) >= 11 is 0. The van der Waals surface area contributed by atoms with Gasteiger partial charge in [-0.3, -0.25) is 0 Å². The lowest BCUT2D eigenvalue weighted by Crippen LogP contribution is -2.38. The molecule has 0 saturated carbocycles. The van der Waals surface area contributed by atoms with Crippen molar-refractivity contribution in [3.8, 4) is 23.1 Å². The quantitative estimate of drug-likeness (QED) is 0.378. The summed E-state index contributed by atoms with van der Waals surface area (Å²) in [5.74, 6) is -0.599. The molecule has 0 spiro atoms. The second-order valence-electron chi connectivity index (χ2n) is 10.7. The number of nitriles is 1. The molecule has 6 rings (SSSR count). The van der Waals surface area contributed by atoms with Crippen molar-refractivity contribution in [3.63, 3.8) is 0 Å². The number of rotatable bonds is 6. The molecule has 2 aromatic carbocycles. The molecule has 3 atom stereocenters. The van der Waals surface area contributed by atoms with Gasteiger partial charge < -0.3 is 15.0 Å². The molecule has 0 amide bonds. The number of nitrogens with zero attached hydrogens (tertiary/aromatic N) is 6. The molecular formula is C29H31F2N7O. The van der Waals surface area contributed by atoms with Crippen LogP contribution in [0, 0.1) is 29.9 Å². The molecule has 10 heteroatoms. The van der Waals surface area contributed by atoms with Crippen LogP contribution in [-0.4, -0.2) is 63.7 Å². The zero-order chi connectivity index (χ0) is 27.1. The number of ether oxygens (including phenoxy) is 1. The Morgan fingerprint density at radius 3 is 2.74 bits per heavy atom. The SMILES string of the molecule is Cc1cc2c(nc(OC[C@@H]3CCCN3C)c3nnn([C@H]4CCN[C@H](CC#N)C4)c32)c(F)c1-c1ccc(F)cc1. The van der Waals surface area contributed by atoms with E-state index in [0.717, 1.165) is 32.4 Å². The molecule has 0 radical (unpaired) electrons. The highest BCUT2D eigenvalue weighted by molar-refractivity contribution is 6.06. The minimum atomic E-state index is -0.484. The number of piperidine rings is 1. The largest absolute Gasteiger partial charge is 0.474 e. The Morgan fingerprint density at radius 2 is 2.00 bits per heavy atom. The van der Waals surface area contributed by atoms with E-state index < -0.39 is 5.82 Å². The summed E-state index contributed by atoms with van der Waals surface area (Å²) in [6.45, 7) is 4.03. The van der Waals surface area contributed by atoms with Crippen molar-refractivity contribution in [1.82, 2.24) is 30.2 Å². The van der Waals surface area contributed by atoms with Crippen LogP contribution in [0.15, 0.2) is 30.3 Å². The Bertz CT molecular complexity index is 1560. The molecule has 2 saturated heterocycles. The van der Waals surface area contributed by atoms with Gasteiger partial charge in [-0.1, -0.05) is 17.3 Å². The zero-order valence-corrected chi connectivity index (χ0v) is 22.1. The van der Waals surface area contributed by atoms with E-state index in [1.807, 2.05) is 17.7 Å². The van der Waals surface area contributed by atoms with E-state index >= 15 is 4.39 Å². The molecule has 2 fully saturated rings. The maximum atomic E-state index is 16.4. The summed E-state index contributed by atoms with van der Waals surface area (Å²) in [6.07, 6.45) is 4.06. The van der Waals surface area contributed by atoms with Crippen LogP contribution < -0.4 is 10.1 Å². The van der Waals surface area contributed by atoms with Gasteiger partial charge in [-0.25, -0.2) is 18.4 Å². The number of halogens is 2. The molecule has 1 N–H and O–H groups in total. The first kappa shape index (κ1) is 25.6. The minimum absolute atomic E-state index is 0.00541. The fraction of sp³-hybridized carbons (Fsp3) is 0.448. The fourth-order valence-corrected chi connectivity index (χ4v) is 6.06. The average molecular weight is 532 g/mol. The summed E-state index contributed by atoms with van der Waals surface area (Å²) < 4.78 is 38.1. The van der Waals surface area contributed by atoms with Crippen molar-refractivity contribution in [1.29, 1.82) is 5.26 Å². The Hall–Kier alpha value is -3.68. The van der Waals surface area contributed by atoms with Crippen LogP contribution in [0.4, 0.5) is 8.78 Å². The number of hydrogen-bond acceptors (Lipinski definition) is 7. The summed E-state index contributed by atoms with van der Waals surface area (Å²) in [4.78, 5) is 6.94. The van der Waals surface area contributed by atoms with Gasteiger partial charge in [0.2, 0.25) is 5.88 Å². The third-order valence-corrected chi connectivity index (χ3v) is 8.17. The molecule has 2 aliphatic heterocycles. The van der Waals surface area contributed by atoms with Gasteiger partial charge in [-0.15, -0.1) is 5.10 Å². The van der Waals surface area contributed by atoms with Crippen molar-refractivity contribution in [2.45, 2.75) is 57.2 Å². The monoisotopic (exact) mass is 531 g/mol. The van der Waals surface area contributed by atoms with E-state index in [2.05, 4.69) is 38.6 Å². The number of aromatic nitrogens is 4. The molecule has 0 unspecified atom stereocenters. The lowest BCUT2D eigenvalue weighted by atomic mass is 9.95. The first-order chi connectivity index (χ1) is 18.9. The van der Waals surface area contributed by atoms with Crippen LogP contribution in [0.5, 0.6) is 5.88 Å². The van der Waals surface area contributed by atoms with E-state index in [1.54, 1.807) is 12.1 Å². The smallest absolute Gasteiger partial charge is 0.245 e. The number of likely N-dealkylation sites (tertiary alicyclic amines) is 1. The molecule has 2 aliphatic rings. The Morgan fingerprint density at radius 1 is 1.18 bits per heavy atom. The predicted octanol–water partition coefficient (Wildman–Crippen LogP) is 4.91. The van der Waals surface area contributed by atoms with E-state index in [1.165, 1.54) is 12.1 Å². The van der Waals surface area contributed by atoms with Gasteiger partial charge in [0.25, 0.3) is 0 Å². The van der Waals surface area contributed by atoms with Crippen LogP contribution >= 0.6 is 0 Å². The number of pyridine rings is 1. The summed E-state index contributed by atoms with van der Waals surface area (Å²) in [6, 6.07) is 10.3. The Balaban J connectivity index is 1.52. The highest BCUT2D eigenvalue weighted by Gasteiger charge is 2.29. The molecule has 0 bridgehead atoms. The summed E-state index contributed by atoms with van der Waals surface area (Å²) in [5, 5.41) is 22.3. The summed E-state index contributed by atoms with van der Waals surface area (Å²) in [7, 11) is 2.08. The fourth-order valence-electron chi connectivity index (χ4n) is 6.06. The number of aryl methyl sites for hydroxylation is 1. The highest BCUT2D eigenvalue weighted by Crippen LogP contribution is 2.39. The van der Waals surface area contributed by atoms with Crippen molar-refractivity contribution in [3.05, 3.63) is 47.5 Å². The Kier molecular flexibility index (Phi) is 6.87. The molecule has 2 aromatic heterocycles. The number of hydrogen-bond donors (Lipinski definition) is 1. The van der Waals surface area contributed by atoms with Crippen LogP contribution in [0.3, 0.4) is 0 Å². The van der Waals surface area contributed by atoms with E-state index in [4.69, 9.17) is 4.74 Å². The lowest BCUT2D eigenvalue weighted by Gasteiger charge is -2.29. The molecular weight excluding hydrogens is 500 g/mol. The highest BCUT2D eigenvalue weighted by atomic mass is 19.1. The molecule has 202 valence electrons. The van der Waals surface area contributed by atoms with Crippen molar-refractivity contribution in [2.24, 2.45) is 0 Å². The van der Waals surface area contributed by atoms with Crippen LogP contribution in [-0.2, 0) is 0 Å². The maximum Gasteiger partial charge on any atom is 0.245 e. The minimum Gasteiger partial charge on any atom is -0.474 e. The predicted molar refractivity (Wildman–Crippen MR) is 144 cm³/mol. The van der Waals surface area contributed by atoms with Gasteiger partial charge in [0.15, 0.2) is 11.3 Å². The van der Waals surface area contributed by atoms with Crippen LogP contribution in [0.2, 0.25) is 0 Å². The zero-order valence-electron chi connectivity index (χ0n) is 22.1. The third kappa shape index (κ3) is 4.70. The van der Waals surface area contributed by atoms with E-state index in [9.17, 15) is 9.65 Å². The standard InChI is InChI=1S/C29H31F2N7O/c1-17-14-23-26(25(31)24(17)18-5-7-19(30)8-6-18)34-29(39-16-22-4-3-13-37(22)2)27-28(23)38(36-35-27)21-10-12-33-20(15-21)9-11-32/h5-8,14,20-22,33H,3-4,9-10,12-13,15-16H2,1-2H3/t20-,21+,22+/m1/s1. The topological polar surface area (TPSA) is 91.9 Å². The number of benzene rings is 2. The lowest BCUT2D eigenvalue weighted by molar-refractivity contribution is 0.195. The van der Waals surface area contributed by atoms with Crippen molar-refractivity contribution in [2.75, 3.05) is 26.7 Å². The van der Waals surface area contributed by atoms with Gasteiger partial charge in [-0.05, 0) is 82.1 Å². The van der Waals surface area contributed by atoms with Gasteiger partial charge in [0, 0.05) is 23.0 Å². The van der Waals surface area contributed by atoms with Gasteiger partial charge >= 0.3 is 0 Å². The summed E-state index contributed by atoms with van der Waals surface area (Å²) in [5.41, 5.74) is 3.03. The van der Waals surface area contributed by atoms with E-state index in [-0.39, 0.29) is 35.3 Å². The van der Waals surface area contributed by atoms with Gasteiger partial charge in [0.05, 0.1) is 18.5 Å². The third-order valence-electron chi connectivity index (χ3n) is 8.17. The number of likely N-dealkylation sites (N-methyl/N-ethyl adjacent to an activating group) is 1. The molecule has 0 aliphatic carbocycles. The first-order valence-electron chi connectivity index (χ1n) is 13.5. The van der Waals surface area contributed by atoms with Crippen LogP contribution in [0.25, 0.3) is 33.1 Å². The second-order valence-corrected chi connectivity index (χ2v) is 10.7. The molecule has 4 heterocycles. The average Bonchev–Trinajstić information content (AvgIpc) is 3.56. The Labute approximate surface area is 225 Å². The molecule has 39 heavy (non-hydrogen) atoms.